The number of anilines is 3. The second kappa shape index (κ2) is 8.15. The third-order valence-corrected chi connectivity index (χ3v) is 4.24. The third kappa shape index (κ3) is 4.60. The van der Waals surface area contributed by atoms with Crippen molar-refractivity contribution in [1.82, 2.24) is 14.9 Å². The summed E-state index contributed by atoms with van der Waals surface area (Å²) in [5.41, 5.74) is 0.225. The van der Waals surface area contributed by atoms with E-state index in [9.17, 15) is 13.6 Å². The van der Waals surface area contributed by atoms with Gasteiger partial charge in [0.1, 0.15) is 17.5 Å². The Morgan fingerprint density at radius 1 is 1.11 bits per heavy atom. The molecule has 1 aliphatic rings. The Bertz CT molecular complexity index is 823. The highest BCUT2D eigenvalue weighted by Crippen LogP contribution is 2.19. The molecule has 2 aromatic rings. The summed E-state index contributed by atoms with van der Waals surface area (Å²) in [6.45, 7) is 6.84. The Kier molecular flexibility index (Phi) is 5.68. The maximum atomic E-state index is 13.3. The maximum Gasteiger partial charge on any atom is 0.321 e. The number of piperazine rings is 1. The summed E-state index contributed by atoms with van der Waals surface area (Å²) >= 11 is 0. The van der Waals surface area contributed by atoms with E-state index in [-0.39, 0.29) is 11.7 Å². The van der Waals surface area contributed by atoms with Crippen LogP contribution in [-0.2, 0) is 0 Å². The molecule has 1 saturated heterocycles. The van der Waals surface area contributed by atoms with Crippen LogP contribution in [0.3, 0.4) is 0 Å². The van der Waals surface area contributed by atoms with Crippen LogP contribution in [-0.4, -0.2) is 53.6 Å². The second-order valence-corrected chi connectivity index (χ2v) is 6.22. The van der Waals surface area contributed by atoms with Crippen molar-refractivity contribution in [2.24, 2.45) is 0 Å². The normalized spacial score (nSPS) is 14.2. The van der Waals surface area contributed by atoms with Crippen LogP contribution in [0.5, 0.6) is 0 Å². The molecule has 1 fully saturated rings. The molecular weight excluding hydrogens is 354 g/mol. The molecule has 144 valence electrons. The van der Waals surface area contributed by atoms with E-state index in [0.29, 0.717) is 32.0 Å². The van der Waals surface area contributed by atoms with Crippen molar-refractivity contribution >= 4 is 23.4 Å². The smallest absolute Gasteiger partial charge is 0.321 e. The monoisotopic (exact) mass is 376 g/mol. The Morgan fingerprint density at radius 2 is 1.85 bits per heavy atom. The SMILES string of the molecule is CCNc1cc(N2CCN(C(=O)Nc3ccc(F)c(F)c3)CC2)nc(C)n1. The number of hydrogen-bond acceptors (Lipinski definition) is 5. The number of halogens is 2. The lowest BCUT2D eigenvalue weighted by atomic mass is 10.3. The summed E-state index contributed by atoms with van der Waals surface area (Å²) in [5, 5.41) is 5.78. The minimum atomic E-state index is -0.992. The van der Waals surface area contributed by atoms with Crippen LogP contribution in [0.1, 0.15) is 12.7 Å². The van der Waals surface area contributed by atoms with E-state index in [1.54, 1.807) is 4.90 Å². The fraction of sp³-hybridized carbons (Fsp3) is 0.389. The lowest BCUT2D eigenvalue weighted by Gasteiger charge is -2.35. The van der Waals surface area contributed by atoms with Crippen LogP contribution in [0.15, 0.2) is 24.3 Å². The molecule has 3 rings (SSSR count). The van der Waals surface area contributed by atoms with E-state index >= 15 is 0 Å². The first-order valence-electron chi connectivity index (χ1n) is 8.81. The molecule has 0 unspecified atom stereocenters. The van der Waals surface area contributed by atoms with Gasteiger partial charge in [-0.3, -0.25) is 0 Å². The van der Waals surface area contributed by atoms with E-state index < -0.39 is 11.6 Å². The van der Waals surface area contributed by atoms with Gasteiger partial charge in [-0.25, -0.2) is 23.5 Å². The third-order valence-electron chi connectivity index (χ3n) is 4.24. The molecule has 9 heteroatoms. The van der Waals surface area contributed by atoms with E-state index in [1.165, 1.54) is 6.07 Å². The molecule has 7 nitrogen and oxygen atoms in total. The lowest BCUT2D eigenvalue weighted by Crippen LogP contribution is -2.50. The first kappa shape index (κ1) is 18.8. The molecular formula is C18H22F2N6O. The number of carbonyl (C=O) groups excluding carboxylic acids is 1. The Balaban J connectivity index is 1.59. The highest BCUT2D eigenvalue weighted by molar-refractivity contribution is 5.89. The zero-order valence-corrected chi connectivity index (χ0v) is 15.3. The molecule has 0 spiro atoms. The standard InChI is InChI=1S/C18H22F2N6O/c1-3-21-16-11-17(23-12(2)22-16)25-6-8-26(9-7-25)18(27)24-13-4-5-14(19)15(20)10-13/h4-5,10-11H,3,6-9H2,1-2H3,(H,24,27)(H,21,22,23). The van der Waals surface area contributed by atoms with Crippen molar-refractivity contribution in [2.45, 2.75) is 13.8 Å². The fourth-order valence-electron chi connectivity index (χ4n) is 2.90. The van der Waals surface area contributed by atoms with Gasteiger partial charge in [-0.05, 0) is 26.0 Å². The molecule has 2 N–H and O–H groups in total. The van der Waals surface area contributed by atoms with E-state index in [0.717, 1.165) is 30.3 Å². The molecule has 0 atom stereocenters. The van der Waals surface area contributed by atoms with Crippen LogP contribution in [0.4, 0.5) is 30.9 Å². The zero-order valence-electron chi connectivity index (χ0n) is 15.3. The Morgan fingerprint density at radius 3 is 2.52 bits per heavy atom. The fourth-order valence-corrected chi connectivity index (χ4v) is 2.90. The van der Waals surface area contributed by atoms with Crippen molar-refractivity contribution in [3.05, 3.63) is 41.7 Å². The number of nitrogens with zero attached hydrogens (tertiary/aromatic N) is 4. The van der Waals surface area contributed by atoms with Crippen LogP contribution in [0.25, 0.3) is 0 Å². The molecule has 2 heterocycles. The summed E-state index contributed by atoms with van der Waals surface area (Å²) < 4.78 is 26.2. The van der Waals surface area contributed by atoms with Gasteiger partial charge in [-0.1, -0.05) is 0 Å². The van der Waals surface area contributed by atoms with Gasteiger partial charge in [0.25, 0.3) is 0 Å². The molecule has 2 amide bonds. The summed E-state index contributed by atoms with van der Waals surface area (Å²) in [6.07, 6.45) is 0. The molecule has 27 heavy (non-hydrogen) atoms. The summed E-state index contributed by atoms with van der Waals surface area (Å²) in [7, 11) is 0. The lowest BCUT2D eigenvalue weighted by molar-refractivity contribution is 0.208. The summed E-state index contributed by atoms with van der Waals surface area (Å²) in [6, 6.07) is 4.84. The van der Waals surface area contributed by atoms with Gasteiger partial charge in [0.2, 0.25) is 0 Å². The van der Waals surface area contributed by atoms with Crippen molar-refractivity contribution < 1.29 is 13.6 Å². The highest BCUT2D eigenvalue weighted by Gasteiger charge is 2.22. The molecule has 0 saturated carbocycles. The number of amides is 2. The number of rotatable bonds is 4. The summed E-state index contributed by atoms with van der Waals surface area (Å²) in [4.78, 5) is 24.9. The van der Waals surface area contributed by atoms with Crippen molar-refractivity contribution in [3.8, 4) is 0 Å². The molecule has 1 aromatic heterocycles. The predicted molar refractivity (Wildman–Crippen MR) is 100 cm³/mol. The predicted octanol–water partition coefficient (Wildman–Crippen LogP) is 2.85. The van der Waals surface area contributed by atoms with Gasteiger partial charge in [0, 0.05) is 50.5 Å². The van der Waals surface area contributed by atoms with Crippen LogP contribution < -0.4 is 15.5 Å². The van der Waals surface area contributed by atoms with Gasteiger partial charge >= 0.3 is 6.03 Å². The highest BCUT2D eigenvalue weighted by atomic mass is 19.2. The van der Waals surface area contributed by atoms with Gasteiger partial charge in [0.15, 0.2) is 11.6 Å². The molecule has 1 aromatic carbocycles. The molecule has 0 radical (unpaired) electrons. The number of aryl methyl sites for hydroxylation is 1. The van der Waals surface area contributed by atoms with Gasteiger partial charge < -0.3 is 20.4 Å². The average molecular weight is 376 g/mol. The van der Waals surface area contributed by atoms with E-state index in [1.807, 2.05) is 19.9 Å². The van der Waals surface area contributed by atoms with E-state index in [2.05, 4.69) is 25.5 Å². The number of urea groups is 1. The zero-order chi connectivity index (χ0) is 19.4. The van der Waals surface area contributed by atoms with Gasteiger partial charge in [0.05, 0.1) is 0 Å². The van der Waals surface area contributed by atoms with Crippen LogP contribution >= 0.6 is 0 Å². The number of hydrogen-bond donors (Lipinski definition) is 2. The average Bonchev–Trinajstić information content (AvgIpc) is 2.65. The van der Waals surface area contributed by atoms with Gasteiger partial charge in [-0.2, -0.15) is 0 Å². The Hall–Kier alpha value is -2.97. The quantitative estimate of drug-likeness (QED) is 0.858. The molecule has 0 aliphatic carbocycles. The van der Waals surface area contributed by atoms with E-state index in [4.69, 9.17) is 0 Å². The van der Waals surface area contributed by atoms with Crippen molar-refractivity contribution in [1.29, 1.82) is 0 Å². The topological polar surface area (TPSA) is 73.4 Å². The minimum absolute atomic E-state index is 0.225. The minimum Gasteiger partial charge on any atom is -0.370 e. The number of aromatic nitrogens is 2. The van der Waals surface area contributed by atoms with Crippen molar-refractivity contribution in [2.75, 3.05) is 48.3 Å². The number of benzene rings is 1. The number of nitrogens with one attached hydrogen (secondary N) is 2. The first-order valence-corrected chi connectivity index (χ1v) is 8.81. The van der Waals surface area contributed by atoms with Crippen LogP contribution in [0, 0.1) is 18.6 Å². The van der Waals surface area contributed by atoms with Crippen molar-refractivity contribution in [3.63, 3.8) is 0 Å². The molecule has 1 aliphatic heterocycles. The molecule has 0 bridgehead atoms. The summed E-state index contributed by atoms with van der Waals surface area (Å²) in [5.74, 6) is 0.339. The Labute approximate surface area is 156 Å². The maximum absolute atomic E-state index is 13.3. The number of carbonyl (C=O) groups is 1. The second-order valence-electron chi connectivity index (χ2n) is 6.22. The first-order chi connectivity index (χ1) is 13.0. The van der Waals surface area contributed by atoms with Crippen LogP contribution in [0.2, 0.25) is 0 Å². The van der Waals surface area contributed by atoms with Gasteiger partial charge in [-0.15, -0.1) is 0 Å². The largest absolute Gasteiger partial charge is 0.370 e.